The predicted octanol–water partition coefficient (Wildman–Crippen LogP) is 2.99. The van der Waals surface area contributed by atoms with E-state index in [2.05, 4.69) is 46.0 Å². The maximum Gasteiger partial charge on any atom is 0.0874 e. The molecule has 4 heteroatoms. The fourth-order valence-corrected chi connectivity index (χ4v) is 4.32. The first-order chi connectivity index (χ1) is 11.3. The average molecular weight is 310 g/mol. The molecule has 4 rings (SSSR count). The van der Waals surface area contributed by atoms with E-state index in [4.69, 9.17) is 0 Å². The largest absolute Gasteiger partial charge is 0.311 e. The average Bonchev–Trinajstić information content (AvgIpc) is 2.97. The van der Waals surface area contributed by atoms with Crippen molar-refractivity contribution in [3.63, 3.8) is 0 Å². The summed E-state index contributed by atoms with van der Waals surface area (Å²) in [5, 5.41) is 12.4. The molecule has 2 aliphatic carbocycles. The first-order valence-corrected chi connectivity index (χ1v) is 8.98. The molecule has 1 heterocycles. The van der Waals surface area contributed by atoms with Crippen LogP contribution < -0.4 is 5.32 Å². The lowest BCUT2D eigenvalue weighted by Crippen LogP contribution is -2.43. The van der Waals surface area contributed by atoms with Gasteiger partial charge in [-0.25, -0.2) is 0 Å². The number of nitrogens with zero attached hydrogens (tertiary/aromatic N) is 3. The van der Waals surface area contributed by atoms with Gasteiger partial charge in [-0.05, 0) is 50.0 Å². The van der Waals surface area contributed by atoms with Crippen LogP contribution in [0.3, 0.4) is 0 Å². The molecule has 1 N–H and O–H groups in total. The molecule has 1 atom stereocenters. The van der Waals surface area contributed by atoms with Crippen molar-refractivity contribution < 1.29 is 0 Å². The highest BCUT2D eigenvalue weighted by Crippen LogP contribution is 2.33. The molecule has 0 amide bonds. The van der Waals surface area contributed by atoms with E-state index in [0.717, 1.165) is 18.8 Å². The van der Waals surface area contributed by atoms with Crippen LogP contribution in [0.15, 0.2) is 30.3 Å². The fourth-order valence-electron chi connectivity index (χ4n) is 4.32. The van der Waals surface area contributed by atoms with Gasteiger partial charge in [-0.15, -0.1) is 5.10 Å². The van der Waals surface area contributed by atoms with Crippen LogP contribution in [0.2, 0.25) is 0 Å². The second-order valence-electron chi connectivity index (χ2n) is 7.17. The van der Waals surface area contributed by atoms with E-state index in [-0.39, 0.29) is 0 Å². The molecule has 122 valence electrons. The molecule has 0 spiro atoms. The van der Waals surface area contributed by atoms with Crippen LogP contribution in [-0.2, 0) is 19.9 Å². The number of rotatable bonds is 3. The SMILES string of the molecule is Cn1nnc2c1CCC(NC1CCC(c3ccccc3)CC1)C2. The second-order valence-corrected chi connectivity index (χ2v) is 7.17. The van der Waals surface area contributed by atoms with Gasteiger partial charge in [0.1, 0.15) is 0 Å². The molecule has 0 aliphatic heterocycles. The van der Waals surface area contributed by atoms with Crippen LogP contribution in [0.1, 0.15) is 55.0 Å². The Morgan fingerprint density at radius 3 is 2.57 bits per heavy atom. The highest BCUT2D eigenvalue weighted by Gasteiger charge is 2.27. The van der Waals surface area contributed by atoms with Gasteiger partial charge in [-0.3, -0.25) is 4.68 Å². The van der Waals surface area contributed by atoms with Crippen LogP contribution in [0.4, 0.5) is 0 Å². The predicted molar refractivity (Wildman–Crippen MR) is 91.4 cm³/mol. The fraction of sp³-hybridized carbons (Fsp3) is 0.579. The number of hydrogen-bond acceptors (Lipinski definition) is 3. The highest BCUT2D eigenvalue weighted by molar-refractivity contribution is 5.20. The van der Waals surface area contributed by atoms with Gasteiger partial charge in [0.15, 0.2) is 0 Å². The number of hydrogen-bond donors (Lipinski definition) is 1. The Morgan fingerprint density at radius 2 is 1.78 bits per heavy atom. The van der Waals surface area contributed by atoms with Crippen LogP contribution in [0.5, 0.6) is 0 Å². The lowest BCUT2D eigenvalue weighted by molar-refractivity contribution is 0.300. The standard InChI is InChI=1S/C19H26N4/c1-23-19-12-11-17(13-18(19)21-22-23)20-16-9-7-15(8-10-16)14-5-3-2-4-6-14/h2-6,15-17,20H,7-13H2,1H3. The van der Waals surface area contributed by atoms with Gasteiger partial charge in [0, 0.05) is 25.6 Å². The Hall–Kier alpha value is -1.68. The van der Waals surface area contributed by atoms with E-state index in [1.165, 1.54) is 49.1 Å². The van der Waals surface area contributed by atoms with Crippen molar-refractivity contribution in [2.24, 2.45) is 7.05 Å². The molecule has 4 nitrogen and oxygen atoms in total. The van der Waals surface area contributed by atoms with Crippen LogP contribution >= 0.6 is 0 Å². The zero-order valence-electron chi connectivity index (χ0n) is 13.9. The Morgan fingerprint density at radius 1 is 1.00 bits per heavy atom. The second kappa shape index (κ2) is 6.44. The van der Waals surface area contributed by atoms with Gasteiger partial charge in [-0.2, -0.15) is 0 Å². The third-order valence-electron chi connectivity index (χ3n) is 5.66. The van der Waals surface area contributed by atoms with Crippen molar-refractivity contribution in [3.8, 4) is 0 Å². The summed E-state index contributed by atoms with van der Waals surface area (Å²) in [5.74, 6) is 0.757. The molecular formula is C19H26N4. The quantitative estimate of drug-likeness (QED) is 0.948. The minimum absolute atomic E-state index is 0.581. The van der Waals surface area contributed by atoms with Gasteiger partial charge in [0.05, 0.1) is 11.4 Å². The first-order valence-electron chi connectivity index (χ1n) is 8.98. The number of fused-ring (bicyclic) bond motifs is 1. The molecule has 0 radical (unpaired) electrons. The van der Waals surface area contributed by atoms with Gasteiger partial charge in [0.2, 0.25) is 0 Å². The van der Waals surface area contributed by atoms with Crippen LogP contribution in [0.25, 0.3) is 0 Å². The van der Waals surface area contributed by atoms with Crippen molar-refractivity contribution in [1.82, 2.24) is 20.3 Å². The van der Waals surface area contributed by atoms with Crippen LogP contribution in [0, 0.1) is 0 Å². The van der Waals surface area contributed by atoms with Gasteiger partial charge >= 0.3 is 0 Å². The van der Waals surface area contributed by atoms with E-state index in [9.17, 15) is 0 Å². The molecule has 1 fully saturated rings. The number of nitrogens with one attached hydrogen (secondary N) is 1. The molecule has 0 saturated heterocycles. The molecule has 2 aliphatic rings. The number of aryl methyl sites for hydroxylation is 1. The Kier molecular flexibility index (Phi) is 4.17. The Bertz CT molecular complexity index is 641. The first kappa shape index (κ1) is 14.9. The summed E-state index contributed by atoms with van der Waals surface area (Å²) in [6.45, 7) is 0. The third-order valence-corrected chi connectivity index (χ3v) is 5.66. The lowest BCUT2D eigenvalue weighted by Gasteiger charge is -2.33. The molecule has 1 aromatic heterocycles. The molecule has 2 aromatic rings. The maximum absolute atomic E-state index is 4.32. The van der Waals surface area contributed by atoms with Crippen molar-refractivity contribution >= 4 is 0 Å². The van der Waals surface area contributed by atoms with Crippen molar-refractivity contribution in [2.45, 2.75) is 62.9 Å². The summed E-state index contributed by atoms with van der Waals surface area (Å²) < 4.78 is 1.94. The molecule has 1 unspecified atom stereocenters. The summed E-state index contributed by atoms with van der Waals surface area (Å²) in [6, 6.07) is 12.3. The minimum atomic E-state index is 0.581. The van der Waals surface area contributed by atoms with Gasteiger partial charge in [0.25, 0.3) is 0 Å². The minimum Gasteiger partial charge on any atom is -0.311 e. The van der Waals surface area contributed by atoms with Crippen molar-refractivity contribution in [2.75, 3.05) is 0 Å². The van der Waals surface area contributed by atoms with Gasteiger partial charge in [-0.1, -0.05) is 35.5 Å². The summed E-state index contributed by atoms with van der Waals surface area (Å²) in [7, 11) is 2.00. The van der Waals surface area contributed by atoms with Crippen molar-refractivity contribution in [3.05, 3.63) is 47.3 Å². The molecule has 0 bridgehead atoms. The summed E-state index contributed by atoms with van der Waals surface area (Å²) in [4.78, 5) is 0. The van der Waals surface area contributed by atoms with E-state index in [1.54, 1.807) is 0 Å². The molecular weight excluding hydrogens is 284 g/mol. The highest BCUT2D eigenvalue weighted by atomic mass is 15.4. The zero-order chi connectivity index (χ0) is 15.6. The lowest BCUT2D eigenvalue weighted by atomic mass is 9.81. The molecule has 1 saturated carbocycles. The molecule has 1 aromatic carbocycles. The summed E-state index contributed by atoms with van der Waals surface area (Å²) in [6.07, 6.45) is 8.58. The topological polar surface area (TPSA) is 42.7 Å². The van der Waals surface area contributed by atoms with Crippen molar-refractivity contribution in [1.29, 1.82) is 0 Å². The van der Waals surface area contributed by atoms with E-state index < -0.39 is 0 Å². The monoisotopic (exact) mass is 310 g/mol. The Balaban J connectivity index is 1.30. The van der Waals surface area contributed by atoms with Gasteiger partial charge < -0.3 is 5.32 Å². The number of benzene rings is 1. The zero-order valence-corrected chi connectivity index (χ0v) is 13.9. The number of aromatic nitrogens is 3. The third kappa shape index (κ3) is 3.18. The summed E-state index contributed by atoms with van der Waals surface area (Å²) in [5.41, 5.74) is 4.05. The van der Waals surface area contributed by atoms with E-state index in [1.807, 2.05) is 11.7 Å². The smallest absolute Gasteiger partial charge is 0.0874 e. The Labute approximate surface area is 138 Å². The summed E-state index contributed by atoms with van der Waals surface area (Å²) >= 11 is 0. The van der Waals surface area contributed by atoms with Crippen LogP contribution in [-0.4, -0.2) is 27.1 Å². The normalized spacial score (nSPS) is 27.6. The van der Waals surface area contributed by atoms with E-state index in [0.29, 0.717) is 12.1 Å². The molecule has 23 heavy (non-hydrogen) atoms. The van der Waals surface area contributed by atoms with E-state index >= 15 is 0 Å². The maximum atomic E-state index is 4.32.